The SMILES string of the molecule is CC1CCN(c2ccc(Nc3cc(C(=O)NC4CCCC4)ccn3)cc2)CC1. The van der Waals surface area contributed by atoms with Gasteiger partial charge in [0.05, 0.1) is 0 Å². The van der Waals surface area contributed by atoms with E-state index < -0.39 is 0 Å². The Hall–Kier alpha value is -2.56. The van der Waals surface area contributed by atoms with Crippen LogP contribution >= 0.6 is 0 Å². The zero-order chi connectivity index (χ0) is 19.3. The van der Waals surface area contributed by atoms with Crippen molar-refractivity contribution in [1.29, 1.82) is 0 Å². The largest absolute Gasteiger partial charge is 0.372 e. The second-order valence-electron chi connectivity index (χ2n) is 8.23. The minimum atomic E-state index is -0.00738. The van der Waals surface area contributed by atoms with Gasteiger partial charge in [0, 0.05) is 42.3 Å². The van der Waals surface area contributed by atoms with Crippen molar-refractivity contribution in [3.63, 3.8) is 0 Å². The standard InChI is InChI=1S/C23H30N4O/c1-17-11-14-27(15-12-17)21-8-6-20(7-9-21)25-22-16-18(10-13-24-22)23(28)26-19-4-2-3-5-19/h6-10,13,16-17,19H,2-5,11-12,14-15H2,1H3,(H,24,25)(H,26,28). The molecule has 1 saturated carbocycles. The summed E-state index contributed by atoms with van der Waals surface area (Å²) in [5.41, 5.74) is 2.91. The third kappa shape index (κ3) is 4.64. The van der Waals surface area contributed by atoms with Crippen LogP contribution in [0.25, 0.3) is 0 Å². The van der Waals surface area contributed by atoms with Gasteiger partial charge in [-0.1, -0.05) is 19.8 Å². The highest BCUT2D eigenvalue weighted by Gasteiger charge is 2.18. The predicted molar refractivity (Wildman–Crippen MR) is 114 cm³/mol. The summed E-state index contributed by atoms with van der Waals surface area (Å²) >= 11 is 0. The normalized spacial score (nSPS) is 18.2. The first-order chi connectivity index (χ1) is 13.7. The molecule has 2 aromatic rings. The number of nitrogens with zero attached hydrogens (tertiary/aromatic N) is 2. The summed E-state index contributed by atoms with van der Waals surface area (Å²) in [6.45, 7) is 4.60. The lowest BCUT2D eigenvalue weighted by molar-refractivity contribution is 0.0938. The van der Waals surface area contributed by atoms with E-state index in [4.69, 9.17) is 0 Å². The van der Waals surface area contributed by atoms with Crippen LogP contribution in [0.4, 0.5) is 17.2 Å². The Morgan fingerprint density at radius 3 is 2.46 bits per heavy atom. The number of anilines is 3. The van der Waals surface area contributed by atoms with E-state index in [-0.39, 0.29) is 5.91 Å². The van der Waals surface area contributed by atoms with Crippen LogP contribution in [0.1, 0.15) is 55.8 Å². The zero-order valence-electron chi connectivity index (χ0n) is 16.7. The maximum Gasteiger partial charge on any atom is 0.251 e. The average molecular weight is 379 g/mol. The molecule has 0 atom stereocenters. The molecule has 1 amide bonds. The Morgan fingerprint density at radius 2 is 1.75 bits per heavy atom. The second-order valence-corrected chi connectivity index (χ2v) is 8.23. The summed E-state index contributed by atoms with van der Waals surface area (Å²) in [5, 5.41) is 6.45. The molecule has 1 aliphatic carbocycles. The van der Waals surface area contributed by atoms with E-state index in [0.29, 0.717) is 17.4 Å². The number of piperidine rings is 1. The Balaban J connectivity index is 1.38. The van der Waals surface area contributed by atoms with Crippen LogP contribution < -0.4 is 15.5 Å². The molecule has 0 spiro atoms. The number of benzene rings is 1. The number of carbonyl (C=O) groups is 1. The quantitative estimate of drug-likeness (QED) is 0.789. The number of rotatable bonds is 5. The average Bonchev–Trinajstić information content (AvgIpc) is 3.22. The molecule has 1 aromatic heterocycles. The van der Waals surface area contributed by atoms with E-state index in [9.17, 15) is 4.79 Å². The smallest absolute Gasteiger partial charge is 0.251 e. The Labute approximate surface area is 167 Å². The van der Waals surface area contributed by atoms with Crippen molar-refractivity contribution in [2.75, 3.05) is 23.3 Å². The number of pyridine rings is 1. The highest BCUT2D eigenvalue weighted by molar-refractivity contribution is 5.95. The van der Waals surface area contributed by atoms with Crippen molar-refractivity contribution < 1.29 is 4.79 Å². The van der Waals surface area contributed by atoms with Crippen molar-refractivity contribution >= 4 is 23.1 Å². The van der Waals surface area contributed by atoms with Gasteiger partial charge in [-0.2, -0.15) is 0 Å². The Morgan fingerprint density at radius 1 is 1.04 bits per heavy atom. The molecule has 2 fully saturated rings. The molecule has 2 heterocycles. The van der Waals surface area contributed by atoms with Crippen LogP contribution in [0.5, 0.6) is 0 Å². The maximum absolute atomic E-state index is 12.5. The maximum atomic E-state index is 12.5. The summed E-state index contributed by atoms with van der Waals surface area (Å²) in [4.78, 5) is 19.3. The molecular formula is C23H30N4O. The van der Waals surface area contributed by atoms with Crippen molar-refractivity contribution in [1.82, 2.24) is 10.3 Å². The monoisotopic (exact) mass is 378 g/mol. The van der Waals surface area contributed by atoms with Crippen LogP contribution in [0.2, 0.25) is 0 Å². The Kier molecular flexibility index (Phi) is 5.79. The van der Waals surface area contributed by atoms with Gasteiger partial charge in [-0.15, -0.1) is 0 Å². The van der Waals surface area contributed by atoms with Crippen LogP contribution in [0.3, 0.4) is 0 Å². The number of aromatic nitrogens is 1. The molecule has 0 radical (unpaired) electrons. The molecule has 2 N–H and O–H groups in total. The highest BCUT2D eigenvalue weighted by Crippen LogP contribution is 2.25. The first kappa shape index (κ1) is 18.8. The second kappa shape index (κ2) is 8.63. The van der Waals surface area contributed by atoms with Crippen LogP contribution in [-0.2, 0) is 0 Å². The van der Waals surface area contributed by atoms with Gasteiger partial charge in [0.25, 0.3) is 5.91 Å². The van der Waals surface area contributed by atoms with Gasteiger partial charge in [-0.05, 0) is 68.0 Å². The van der Waals surface area contributed by atoms with Crippen LogP contribution in [0.15, 0.2) is 42.6 Å². The third-order valence-corrected chi connectivity index (χ3v) is 6.00. The number of hydrogen-bond donors (Lipinski definition) is 2. The van der Waals surface area contributed by atoms with Gasteiger partial charge >= 0.3 is 0 Å². The fourth-order valence-electron chi connectivity index (χ4n) is 4.15. The predicted octanol–water partition coefficient (Wildman–Crippen LogP) is 4.73. The lowest BCUT2D eigenvalue weighted by atomic mass is 9.99. The molecule has 1 saturated heterocycles. The van der Waals surface area contributed by atoms with Crippen LogP contribution in [0, 0.1) is 5.92 Å². The first-order valence-corrected chi connectivity index (χ1v) is 10.6. The fraction of sp³-hybridized carbons (Fsp3) is 0.478. The molecule has 5 heteroatoms. The molecule has 0 unspecified atom stereocenters. The summed E-state index contributed by atoms with van der Waals surface area (Å²) in [6.07, 6.45) is 8.81. The molecule has 28 heavy (non-hydrogen) atoms. The molecule has 2 aliphatic rings. The Bertz CT molecular complexity index is 791. The number of carbonyl (C=O) groups excluding carboxylic acids is 1. The van der Waals surface area contributed by atoms with Gasteiger partial charge < -0.3 is 15.5 Å². The van der Waals surface area contributed by atoms with E-state index >= 15 is 0 Å². The molecule has 1 aliphatic heterocycles. The summed E-state index contributed by atoms with van der Waals surface area (Å²) < 4.78 is 0. The minimum Gasteiger partial charge on any atom is -0.372 e. The molecule has 4 rings (SSSR count). The van der Waals surface area contributed by atoms with Crippen molar-refractivity contribution in [3.05, 3.63) is 48.2 Å². The topological polar surface area (TPSA) is 57.3 Å². The first-order valence-electron chi connectivity index (χ1n) is 10.6. The van der Waals surface area contributed by atoms with Gasteiger partial charge in [0.1, 0.15) is 5.82 Å². The lowest BCUT2D eigenvalue weighted by Gasteiger charge is -2.32. The summed E-state index contributed by atoms with van der Waals surface area (Å²) in [6, 6.07) is 12.4. The number of nitrogens with one attached hydrogen (secondary N) is 2. The van der Waals surface area contributed by atoms with Gasteiger partial charge in [-0.3, -0.25) is 4.79 Å². The van der Waals surface area contributed by atoms with Crippen molar-refractivity contribution in [2.45, 2.75) is 51.5 Å². The molecule has 1 aromatic carbocycles. The summed E-state index contributed by atoms with van der Waals surface area (Å²) in [7, 11) is 0. The molecular weight excluding hydrogens is 348 g/mol. The fourth-order valence-corrected chi connectivity index (χ4v) is 4.15. The molecule has 0 bridgehead atoms. The lowest BCUT2D eigenvalue weighted by Crippen LogP contribution is -2.32. The highest BCUT2D eigenvalue weighted by atomic mass is 16.1. The zero-order valence-corrected chi connectivity index (χ0v) is 16.7. The van der Waals surface area contributed by atoms with E-state index in [1.165, 1.54) is 31.4 Å². The number of hydrogen-bond acceptors (Lipinski definition) is 4. The van der Waals surface area contributed by atoms with Crippen molar-refractivity contribution in [3.8, 4) is 0 Å². The van der Waals surface area contributed by atoms with Crippen molar-refractivity contribution in [2.24, 2.45) is 5.92 Å². The van der Waals surface area contributed by atoms with Gasteiger partial charge in [0.2, 0.25) is 0 Å². The summed E-state index contributed by atoms with van der Waals surface area (Å²) in [5.74, 6) is 1.52. The van der Waals surface area contributed by atoms with E-state index in [2.05, 4.69) is 51.7 Å². The number of amides is 1. The van der Waals surface area contributed by atoms with E-state index in [1.54, 1.807) is 12.3 Å². The van der Waals surface area contributed by atoms with E-state index in [1.807, 2.05) is 6.07 Å². The molecule has 5 nitrogen and oxygen atoms in total. The van der Waals surface area contributed by atoms with Crippen LogP contribution in [-0.4, -0.2) is 30.0 Å². The minimum absolute atomic E-state index is 0.00738. The van der Waals surface area contributed by atoms with E-state index in [0.717, 1.165) is 37.5 Å². The van der Waals surface area contributed by atoms with Gasteiger partial charge in [-0.25, -0.2) is 4.98 Å². The molecule has 148 valence electrons. The third-order valence-electron chi connectivity index (χ3n) is 6.00. The van der Waals surface area contributed by atoms with Gasteiger partial charge in [0.15, 0.2) is 0 Å².